The number of fused-ring (bicyclic) bond motifs is 1. The Bertz CT molecular complexity index is 1320. The van der Waals surface area contributed by atoms with E-state index in [1.165, 1.54) is 23.8 Å². The molecule has 2 aliphatic heterocycles. The van der Waals surface area contributed by atoms with Crippen LogP contribution in [-0.2, 0) is 20.7 Å². The number of hydrogen-bond acceptors (Lipinski definition) is 10. The number of amides is 4. The number of esters is 1. The molecule has 4 amide bonds. The number of nitrogens with one attached hydrogen (secondary N) is 2. The third-order valence-electron chi connectivity index (χ3n) is 5.62. The van der Waals surface area contributed by atoms with Crippen molar-refractivity contribution < 1.29 is 33.4 Å². The Morgan fingerprint density at radius 1 is 1.22 bits per heavy atom. The van der Waals surface area contributed by atoms with Crippen molar-refractivity contribution in [1.82, 2.24) is 15.2 Å². The highest BCUT2D eigenvalue weighted by atomic mass is 32.1. The highest BCUT2D eigenvalue weighted by molar-refractivity contribution is 7.14. The van der Waals surface area contributed by atoms with Crippen molar-refractivity contribution in [3.63, 3.8) is 0 Å². The zero-order chi connectivity index (χ0) is 25.2. The summed E-state index contributed by atoms with van der Waals surface area (Å²) in [5.74, 6) is -0.780. The number of aromatic nitrogens is 1. The van der Waals surface area contributed by atoms with Gasteiger partial charge >= 0.3 is 12.0 Å². The van der Waals surface area contributed by atoms with Crippen LogP contribution >= 0.6 is 22.7 Å². The van der Waals surface area contributed by atoms with Gasteiger partial charge in [0.05, 0.1) is 7.11 Å². The molecule has 2 aromatic heterocycles. The van der Waals surface area contributed by atoms with Crippen LogP contribution in [0, 0.1) is 0 Å². The summed E-state index contributed by atoms with van der Waals surface area (Å²) < 4.78 is 15.8. The Morgan fingerprint density at radius 3 is 2.78 bits per heavy atom. The molecule has 2 atom stereocenters. The van der Waals surface area contributed by atoms with Gasteiger partial charge in [0.15, 0.2) is 22.3 Å². The number of anilines is 1. The molecule has 36 heavy (non-hydrogen) atoms. The number of methoxy groups -OCH3 is 1. The third kappa shape index (κ3) is 4.62. The van der Waals surface area contributed by atoms with E-state index in [2.05, 4.69) is 20.4 Å². The summed E-state index contributed by atoms with van der Waals surface area (Å²) in [6.07, 6.45) is 0.109. The number of hydrogen-bond donors (Lipinski definition) is 2. The quantitative estimate of drug-likeness (QED) is 0.353. The molecule has 3 aromatic rings. The van der Waals surface area contributed by atoms with Gasteiger partial charge in [-0.25, -0.2) is 19.5 Å². The number of rotatable bonds is 7. The Hall–Kier alpha value is -3.97. The standard InChI is InChI=1S/C23H20N4O7S2/c1-32-21(30)14-11-36-22(24-14)26-19(28)15(8-12-4-7-35-10-12)27-20(29)18(25-23(27)31)13-2-3-16-17(9-13)34-6-5-33-16/h2-4,7,9-11,15,18H,5-6,8H2,1H3,(H,25,31)(H,24,26,28). The van der Waals surface area contributed by atoms with Gasteiger partial charge < -0.3 is 24.8 Å². The zero-order valence-electron chi connectivity index (χ0n) is 18.9. The first-order valence-electron chi connectivity index (χ1n) is 10.8. The maximum absolute atomic E-state index is 13.5. The van der Waals surface area contributed by atoms with Gasteiger partial charge in [-0.3, -0.25) is 9.59 Å². The molecule has 0 bridgehead atoms. The number of carbonyl (C=O) groups is 4. The van der Waals surface area contributed by atoms with Crippen molar-refractivity contribution in [2.24, 2.45) is 0 Å². The van der Waals surface area contributed by atoms with Crippen LogP contribution in [0.4, 0.5) is 9.93 Å². The van der Waals surface area contributed by atoms with E-state index in [4.69, 9.17) is 9.47 Å². The van der Waals surface area contributed by atoms with Crippen LogP contribution in [0.3, 0.4) is 0 Å². The van der Waals surface area contributed by atoms with Gasteiger partial charge in [-0.1, -0.05) is 6.07 Å². The molecule has 4 heterocycles. The SMILES string of the molecule is COC(=O)c1csc(NC(=O)C(Cc2ccsc2)N2C(=O)NC(c3ccc4c(c3)OCCO4)C2=O)n1. The predicted octanol–water partition coefficient (Wildman–Crippen LogP) is 2.61. The molecule has 2 unspecified atom stereocenters. The van der Waals surface area contributed by atoms with E-state index in [1.807, 2.05) is 16.8 Å². The van der Waals surface area contributed by atoms with Gasteiger partial charge in [0.1, 0.15) is 25.3 Å². The number of thiazole rings is 1. The lowest BCUT2D eigenvalue weighted by Gasteiger charge is -2.24. The monoisotopic (exact) mass is 528 g/mol. The minimum atomic E-state index is -1.15. The zero-order valence-corrected chi connectivity index (χ0v) is 20.5. The maximum atomic E-state index is 13.5. The highest BCUT2D eigenvalue weighted by Gasteiger charge is 2.45. The molecular weight excluding hydrogens is 508 g/mol. The molecule has 186 valence electrons. The van der Waals surface area contributed by atoms with E-state index in [0.717, 1.165) is 21.8 Å². The number of carbonyl (C=O) groups excluding carboxylic acids is 4. The maximum Gasteiger partial charge on any atom is 0.357 e. The van der Waals surface area contributed by atoms with Gasteiger partial charge in [0.25, 0.3) is 5.91 Å². The van der Waals surface area contributed by atoms with Gasteiger partial charge in [0.2, 0.25) is 5.91 Å². The van der Waals surface area contributed by atoms with E-state index >= 15 is 0 Å². The van der Waals surface area contributed by atoms with Crippen LogP contribution in [0.5, 0.6) is 11.5 Å². The predicted molar refractivity (Wildman–Crippen MR) is 129 cm³/mol. The molecule has 0 saturated carbocycles. The van der Waals surface area contributed by atoms with E-state index in [-0.39, 0.29) is 17.2 Å². The highest BCUT2D eigenvalue weighted by Crippen LogP contribution is 2.35. The van der Waals surface area contributed by atoms with Gasteiger partial charge in [-0.2, -0.15) is 11.3 Å². The Labute approximate surface area is 213 Å². The van der Waals surface area contributed by atoms with Crippen molar-refractivity contribution in [2.45, 2.75) is 18.5 Å². The van der Waals surface area contributed by atoms with E-state index < -0.39 is 35.9 Å². The number of nitrogens with zero attached hydrogens (tertiary/aromatic N) is 2. The van der Waals surface area contributed by atoms with Crippen LogP contribution in [-0.4, -0.2) is 60.1 Å². The van der Waals surface area contributed by atoms with Crippen LogP contribution < -0.4 is 20.1 Å². The first-order valence-corrected chi connectivity index (χ1v) is 12.7. The number of benzene rings is 1. The molecule has 5 rings (SSSR count). The topological polar surface area (TPSA) is 136 Å². The molecular formula is C23H20N4O7S2. The molecule has 2 aliphatic rings. The van der Waals surface area contributed by atoms with Crippen LogP contribution in [0.1, 0.15) is 27.7 Å². The summed E-state index contributed by atoms with van der Waals surface area (Å²) in [5, 5.41) is 10.6. The van der Waals surface area contributed by atoms with Crippen LogP contribution in [0.25, 0.3) is 0 Å². The van der Waals surface area contributed by atoms with Crippen molar-refractivity contribution in [1.29, 1.82) is 0 Å². The molecule has 2 N–H and O–H groups in total. The normalized spacial score (nSPS) is 17.5. The first-order chi connectivity index (χ1) is 17.4. The summed E-state index contributed by atoms with van der Waals surface area (Å²) >= 11 is 2.47. The molecule has 1 saturated heterocycles. The Kier molecular flexibility index (Phi) is 6.57. The second-order valence-electron chi connectivity index (χ2n) is 7.86. The van der Waals surface area contributed by atoms with Crippen molar-refractivity contribution in [2.75, 3.05) is 25.6 Å². The summed E-state index contributed by atoms with van der Waals surface area (Å²) in [6.45, 7) is 0.809. The lowest BCUT2D eigenvalue weighted by Crippen LogP contribution is -2.49. The number of urea groups is 1. The van der Waals surface area contributed by atoms with Crippen LogP contribution in [0.15, 0.2) is 40.4 Å². The average Bonchev–Trinajstić information content (AvgIpc) is 3.63. The van der Waals surface area contributed by atoms with Crippen molar-refractivity contribution in [3.05, 3.63) is 57.2 Å². The average molecular weight is 529 g/mol. The smallest absolute Gasteiger partial charge is 0.357 e. The molecule has 0 aliphatic carbocycles. The second-order valence-corrected chi connectivity index (χ2v) is 9.50. The molecule has 0 spiro atoms. The van der Waals surface area contributed by atoms with E-state index in [0.29, 0.717) is 30.3 Å². The van der Waals surface area contributed by atoms with Gasteiger partial charge in [-0.15, -0.1) is 11.3 Å². The molecule has 1 fully saturated rings. The van der Waals surface area contributed by atoms with Gasteiger partial charge in [0, 0.05) is 11.8 Å². The minimum Gasteiger partial charge on any atom is -0.486 e. The fraction of sp³-hybridized carbons (Fsp3) is 0.261. The number of imide groups is 1. The molecule has 13 heteroatoms. The Balaban J connectivity index is 1.40. The number of thiophene rings is 1. The second kappa shape index (κ2) is 9.95. The lowest BCUT2D eigenvalue weighted by atomic mass is 10.0. The van der Waals surface area contributed by atoms with E-state index in [9.17, 15) is 19.2 Å². The van der Waals surface area contributed by atoms with Gasteiger partial charge in [-0.05, 0) is 40.1 Å². The fourth-order valence-electron chi connectivity index (χ4n) is 3.91. The molecule has 1 aromatic carbocycles. The lowest BCUT2D eigenvalue weighted by molar-refractivity contribution is -0.134. The van der Waals surface area contributed by atoms with Crippen LogP contribution in [0.2, 0.25) is 0 Å². The number of ether oxygens (including phenoxy) is 3. The summed E-state index contributed by atoms with van der Waals surface area (Å²) in [5.41, 5.74) is 1.34. The molecule has 11 nitrogen and oxygen atoms in total. The largest absolute Gasteiger partial charge is 0.486 e. The molecule has 0 radical (unpaired) electrons. The fourth-order valence-corrected chi connectivity index (χ4v) is 5.27. The minimum absolute atomic E-state index is 0.0425. The first kappa shape index (κ1) is 23.8. The van der Waals surface area contributed by atoms with Crippen molar-refractivity contribution in [3.8, 4) is 11.5 Å². The summed E-state index contributed by atoms with van der Waals surface area (Å²) in [6, 6.07) is 4.00. The third-order valence-corrected chi connectivity index (χ3v) is 7.11. The van der Waals surface area contributed by atoms with Crippen molar-refractivity contribution >= 4 is 51.6 Å². The van der Waals surface area contributed by atoms with E-state index in [1.54, 1.807) is 18.2 Å². The summed E-state index contributed by atoms with van der Waals surface area (Å²) in [4.78, 5) is 56.5. The summed E-state index contributed by atoms with van der Waals surface area (Å²) in [7, 11) is 1.23. The Morgan fingerprint density at radius 2 is 2.03 bits per heavy atom.